The van der Waals surface area contributed by atoms with Gasteiger partial charge in [0.15, 0.2) is 0 Å². The van der Waals surface area contributed by atoms with Crippen molar-refractivity contribution >= 4 is 11.4 Å². The van der Waals surface area contributed by atoms with Gasteiger partial charge in [0, 0.05) is 32.4 Å². The monoisotopic (exact) mass is 256 g/mol. The summed E-state index contributed by atoms with van der Waals surface area (Å²) in [5, 5.41) is 13.6. The second-order valence-corrected chi connectivity index (χ2v) is 3.90. The lowest BCUT2D eigenvalue weighted by atomic mass is 10.2. The van der Waals surface area contributed by atoms with Crippen LogP contribution in [0.3, 0.4) is 0 Å². The van der Waals surface area contributed by atoms with Gasteiger partial charge < -0.3 is 10.1 Å². The summed E-state index contributed by atoms with van der Waals surface area (Å²) in [5.41, 5.74) is 0.125. The molecular formula is C12H17FN2O3. The van der Waals surface area contributed by atoms with Gasteiger partial charge in [-0.05, 0) is 25.3 Å². The Hall–Kier alpha value is -1.69. The van der Waals surface area contributed by atoms with Gasteiger partial charge in [-0.1, -0.05) is 0 Å². The zero-order chi connectivity index (χ0) is 13.4. The van der Waals surface area contributed by atoms with Gasteiger partial charge in [-0.15, -0.1) is 0 Å². The number of benzene rings is 1. The van der Waals surface area contributed by atoms with Gasteiger partial charge in [0.05, 0.1) is 4.92 Å². The third-order valence-corrected chi connectivity index (χ3v) is 2.50. The highest BCUT2D eigenvalue weighted by Crippen LogP contribution is 2.24. The number of methoxy groups -OCH3 is 1. The number of unbranched alkanes of at least 4 members (excludes halogenated alkanes) is 2. The molecule has 0 saturated heterocycles. The zero-order valence-electron chi connectivity index (χ0n) is 10.3. The van der Waals surface area contributed by atoms with Crippen LogP contribution in [-0.2, 0) is 4.74 Å². The van der Waals surface area contributed by atoms with E-state index in [1.54, 1.807) is 7.11 Å². The molecule has 0 saturated carbocycles. The molecular weight excluding hydrogens is 239 g/mol. The van der Waals surface area contributed by atoms with Crippen molar-refractivity contribution in [1.82, 2.24) is 0 Å². The SMILES string of the molecule is COCCCCCNc1cc(F)ccc1[N+](=O)[O-]. The number of nitrogens with zero attached hydrogens (tertiary/aromatic N) is 1. The molecule has 0 aromatic heterocycles. The molecule has 0 spiro atoms. The molecule has 0 aliphatic rings. The first-order valence-corrected chi connectivity index (χ1v) is 5.82. The topological polar surface area (TPSA) is 64.4 Å². The molecule has 1 rings (SSSR count). The molecule has 0 atom stereocenters. The van der Waals surface area contributed by atoms with Gasteiger partial charge in [0.25, 0.3) is 5.69 Å². The van der Waals surface area contributed by atoms with E-state index in [2.05, 4.69) is 5.32 Å². The van der Waals surface area contributed by atoms with E-state index >= 15 is 0 Å². The second-order valence-electron chi connectivity index (χ2n) is 3.90. The molecule has 0 aliphatic carbocycles. The van der Waals surface area contributed by atoms with E-state index in [-0.39, 0.29) is 11.4 Å². The highest BCUT2D eigenvalue weighted by Gasteiger charge is 2.13. The normalized spacial score (nSPS) is 10.3. The first kappa shape index (κ1) is 14.4. The molecule has 0 fully saturated rings. The number of nitro benzene ring substituents is 1. The number of ether oxygens (including phenoxy) is 1. The van der Waals surface area contributed by atoms with E-state index in [1.165, 1.54) is 6.07 Å². The van der Waals surface area contributed by atoms with E-state index in [0.717, 1.165) is 31.4 Å². The van der Waals surface area contributed by atoms with Crippen molar-refractivity contribution in [1.29, 1.82) is 0 Å². The predicted octanol–water partition coefficient (Wildman–Crippen LogP) is 2.96. The Morgan fingerprint density at radius 1 is 1.39 bits per heavy atom. The van der Waals surface area contributed by atoms with E-state index in [0.29, 0.717) is 13.2 Å². The standard InChI is InChI=1S/C12H17FN2O3/c1-18-8-4-2-3-7-14-11-9-10(13)5-6-12(11)15(16)17/h5-6,9,14H,2-4,7-8H2,1H3. The maximum absolute atomic E-state index is 13.0. The van der Waals surface area contributed by atoms with Gasteiger partial charge >= 0.3 is 0 Å². The van der Waals surface area contributed by atoms with Crippen molar-refractivity contribution < 1.29 is 14.1 Å². The lowest BCUT2D eigenvalue weighted by molar-refractivity contribution is -0.384. The van der Waals surface area contributed by atoms with Crippen LogP contribution in [0.15, 0.2) is 18.2 Å². The number of halogens is 1. The van der Waals surface area contributed by atoms with Crippen LogP contribution in [0.25, 0.3) is 0 Å². The summed E-state index contributed by atoms with van der Waals surface area (Å²) in [6.45, 7) is 1.29. The Kier molecular flexibility index (Phi) is 6.07. The van der Waals surface area contributed by atoms with Gasteiger partial charge in [-0.25, -0.2) is 4.39 Å². The Balaban J connectivity index is 2.45. The second kappa shape index (κ2) is 7.60. The largest absolute Gasteiger partial charge is 0.385 e. The molecule has 1 aromatic rings. The van der Waals surface area contributed by atoms with Crippen LogP contribution in [0, 0.1) is 15.9 Å². The Bertz CT molecular complexity index is 399. The molecule has 0 unspecified atom stereocenters. The summed E-state index contributed by atoms with van der Waals surface area (Å²) in [5.74, 6) is -0.484. The minimum absolute atomic E-state index is 0.103. The van der Waals surface area contributed by atoms with E-state index in [4.69, 9.17) is 4.74 Å². The summed E-state index contributed by atoms with van der Waals surface area (Å²) in [6.07, 6.45) is 2.77. The van der Waals surface area contributed by atoms with Crippen molar-refractivity contribution in [3.63, 3.8) is 0 Å². The van der Waals surface area contributed by atoms with Gasteiger partial charge in [0.1, 0.15) is 11.5 Å². The number of hydrogen-bond donors (Lipinski definition) is 1. The number of nitrogens with one attached hydrogen (secondary N) is 1. The van der Waals surface area contributed by atoms with Crippen LogP contribution in [0.2, 0.25) is 0 Å². The molecule has 0 amide bonds. The molecule has 0 aliphatic heterocycles. The maximum Gasteiger partial charge on any atom is 0.292 e. The minimum Gasteiger partial charge on any atom is -0.385 e. The van der Waals surface area contributed by atoms with Crippen LogP contribution in [0.4, 0.5) is 15.8 Å². The number of hydrogen-bond acceptors (Lipinski definition) is 4. The summed E-state index contributed by atoms with van der Waals surface area (Å²) >= 11 is 0. The van der Waals surface area contributed by atoms with Crippen LogP contribution in [-0.4, -0.2) is 25.2 Å². The van der Waals surface area contributed by atoms with E-state index < -0.39 is 10.7 Å². The highest BCUT2D eigenvalue weighted by molar-refractivity contribution is 5.61. The van der Waals surface area contributed by atoms with Crippen molar-refractivity contribution in [3.05, 3.63) is 34.1 Å². The molecule has 0 heterocycles. The fourth-order valence-corrected chi connectivity index (χ4v) is 1.58. The average Bonchev–Trinajstić information content (AvgIpc) is 2.33. The molecule has 18 heavy (non-hydrogen) atoms. The summed E-state index contributed by atoms with van der Waals surface area (Å²) in [6, 6.07) is 3.40. The van der Waals surface area contributed by atoms with Crippen LogP contribution in [0.5, 0.6) is 0 Å². The lowest BCUT2D eigenvalue weighted by Gasteiger charge is -2.07. The number of nitro groups is 1. The molecule has 5 nitrogen and oxygen atoms in total. The molecule has 100 valence electrons. The average molecular weight is 256 g/mol. The molecule has 1 aromatic carbocycles. The van der Waals surface area contributed by atoms with Crippen LogP contribution >= 0.6 is 0 Å². The highest BCUT2D eigenvalue weighted by atomic mass is 19.1. The molecule has 0 radical (unpaired) electrons. The molecule has 6 heteroatoms. The lowest BCUT2D eigenvalue weighted by Crippen LogP contribution is -2.05. The van der Waals surface area contributed by atoms with Crippen molar-refractivity contribution in [2.75, 3.05) is 25.6 Å². The third kappa shape index (κ3) is 4.67. The van der Waals surface area contributed by atoms with Crippen molar-refractivity contribution in [2.24, 2.45) is 0 Å². The van der Waals surface area contributed by atoms with Crippen molar-refractivity contribution in [3.8, 4) is 0 Å². The fraction of sp³-hybridized carbons (Fsp3) is 0.500. The van der Waals surface area contributed by atoms with E-state index in [9.17, 15) is 14.5 Å². The van der Waals surface area contributed by atoms with Gasteiger partial charge in [-0.3, -0.25) is 10.1 Å². The molecule has 1 N–H and O–H groups in total. The molecule has 0 bridgehead atoms. The Morgan fingerprint density at radius 3 is 2.83 bits per heavy atom. The third-order valence-electron chi connectivity index (χ3n) is 2.50. The maximum atomic E-state index is 13.0. The van der Waals surface area contributed by atoms with Crippen LogP contribution in [0.1, 0.15) is 19.3 Å². The predicted molar refractivity (Wildman–Crippen MR) is 67.3 cm³/mol. The summed E-state index contributed by atoms with van der Waals surface area (Å²) < 4.78 is 17.9. The van der Waals surface area contributed by atoms with Gasteiger partial charge in [0.2, 0.25) is 0 Å². The first-order valence-electron chi connectivity index (χ1n) is 5.82. The van der Waals surface area contributed by atoms with E-state index in [1.807, 2.05) is 0 Å². The number of anilines is 1. The number of rotatable bonds is 8. The quantitative estimate of drug-likeness (QED) is 0.441. The Labute approximate surface area is 105 Å². The fourth-order valence-electron chi connectivity index (χ4n) is 1.58. The zero-order valence-corrected chi connectivity index (χ0v) is 10.3. The Morgan fingerprint density at radius 2 is 2.17 bits per heavy atom. The van der Waals surface area contributed by atoms with Crippen molar-refractivity contribution in [2.45, 2.75) is 19.3 Å². The minimum atomic E-state index is -0.521. The summed E-state index contributed by atoms with van der Waals surface area (Å²) in [4.78, 5) is 10.2. The smallest absolute Gasteiger partial charge is 0.292 e. The van der Waals surface area contributed by atoms with Crippen LogP contribution < -0.4 is 5.32 Å². The summed E-state index contributed by atoms with van der Waals surface area (Å²) in [7, 11) is 1.65. The van der Waals surface area contributed by atoms with Gasteiger partial charge in [-0.2, -0.15) is 0 Å². The first-order chi connectivity index (χ1) is 8.65.